The zero-order valence-electron chi connectivity index (χ0n) is 12.2. The number of hydrogen-bond acceptors (Lipinski definition) is 5. The maximum atomic E-state index is 12.3. The van der Waals surface area contributed by atoms with Gasteiger partial charge in [0.05, 0.1) is 12.0 Å². The van der Waals surface area contributed by atoms with Crippen LogP contribution in [0.4, 0.5) is 5.69 Å². The fourth-order valence-corrected chi connectivity index (χ4v) is 1.93. The van der Waals surface area contributed by atoms with Crippen LogP contribution in [0.5, 0.6) is 5.75 Å². The van der Waals surface area contributed by atoms with E-state index in [0.717, 1.165) is 6.07 Å². The maximum absolute atomic E-state index is 12.3. The third-order valence-electron chi connectivity index (χ3n) is 3.11. The highest BCUT2D eigenvalue weighted by atomic mass is 16.6. The lowest BCUT2D eigenvalue weighted by atomic mass is 10.0. The number of nitrogens with zero attached hydrogens (tertiary/aromatic N) is 2. The lowest BCUT2D eigenvalue weighted by Crippen LogP contribution is -2.02. The van der Waals surface area contributed by atoms with Gasteiger partial charge in [-0.25, -0.2) is 0 Å². The van der Waals surface area contributed by atoms with Gasteiger partial charge in [-0.1, -0.05) is 24.3 Å². The summed E-state index contributed by atoms with van der Waals surface area (Å²) in [5.41, 5.74) is 0.454. The lowest BCUT2D eigenvalue weighted by molar-refractivity contribution is -0.384. The summed E-state index contributed by atoms with van der Waals surface area (Å²) in [6.45, 7) is 0. The molecule has 0 aliphatic carbocycles. The van der Waals surface area contributed by atoms with Gasteiger partial charge in [0, 0.05) is 17.7 Å². The Morgan fingerprint density at radius 2 is 1.96 bits per heavy atom. The van der Waals surface area contributed by atoms with Crippen LogP contribution in [0, 0.1) is 21.4 Å². The molecule has 0 N–H and O–H groups in total. The van der Waals surface area contributed by atoms with Gasteiger partial charge >= 0.3 is 0 Å². The average Bonchev–Trinajstić information content (AvgIpc) is 2.59. The molecule has 0 unspecified atom stereocenters. The second-order valence-electron chi connectivity index (χ2n) is 4.58. The Morgan fingerprint density at radius 1 is 1.26 bits per heavy atom. The van der Waals surface area contributed by atoms with E-state index < -0.39 is 10.7 Å². The van der Waals surface area contributed by atoms with Gasteiger partial charge in [0.1, 0.15) is 17.4 Å². The van der Waals surface area contributed by atoms with Crippen molar-refractivity contribution < 1.29 is 14.5 Å². The minimum atomic E-state index is -0.587. The first-order chi connectivity index (χ1) is 11.0. The number of ether oxygens (including phenoxy) is 1. The number of benzene rings is 2. The number of carbonyl (C=O) groups excluding carboxylic acids is 1. The summed E-state index contributed by atoms with van der Waals surface area (Å²) in [6.07, 6.45) is 1.43. The first-order valence-corrected chi connectivity index (χ1v) is 6.60. The van der Waals surface area contributed by atoms with Gasteiger partial charge in [-0.05, 0) is 23.8 Å². The van der Waals surface area contributed by atoms with Crippen LogP contribution in [0.1, 0.15) is 15.9 Å². The fourth-order valence-electron chi connectivity index (χ4n) is 1.93. The molecule has 6 heteroatoms. The summed E-state index contributed by atoms with van der Waals surface area (Å²) in [5, 5.41) is 20.0. The predicted molar refractivity (Wildman–Crippen MR) is 84.0 cm³/mol. The Kier molecular flexibility index (Phi) is 4.85. The zero-order valence-corrected chi connectivity index (χ0v) is 12.2. The highest BCUT2D eigenvalue weighted by Gasteiger charge is 2.15. The molecular formula is C17H12N2O4. The molecule has 0 amide bonds. The van der Waals surface area contributed by atoms with E-state index in [2.05, 4.69) is 0 Å². The fraction of sp³-hybridized carbons (Fsp3) is 0.0588. The number of rotatable bonds is 5. The topological polar surface area (TPSA) is 93.2 Å². The quantitative estimate of drug-likeness (QED) is 0.277. The van der Waals surface area contributed by atoms with E-state index in [0.29, 0.717) is 11.3 Å². The molecule has 0 fully saturated rings. The highest BCUT2D eigenvalue weighted by molar-refractivity contribution is 6.14. The number of non-ortho nitro benzene ring substituents is 1. The average molecular weight is 308 g/mol. The maximum Gasteiger partial charge on any atom is 0.270 e. The van der Waals surface area contributed by atoms with E-state index in [-0.39, 0.29) is 16.8 Å². The van der Waals surface area contributed by atoms with Crippen LogP contribution in [-0.4, -0.2) is 17.8 Å². The van der Waals surface area contributed by atoms with E-state index in [1.807, 2.05) is 6.07 Å². The molecule has 2 rings (SSSR count). The molecule has 114 valence electrons. The van der Waals surface area contributed by atoms with E-state index in [9.17, 15) is 20.2 Å². The third-order valence-corrected chi connectivity index (χ3v) is 3.11. The van der Waals surface area contributed by atoms with Crippen molar-refractivity contribution in [3.63, 3.8) is 0 Å². The molecular weight excluding hydrogens is 296 g/mol. The molecule has 0 atom stereocenters. The van der Waals surface area contributed by atoms with Gasteiger partial charge in [0.25, 0.3) is 5.69 Å². The number of nitro groups is 1. The normalized spacial score (nSPS) is 10.7. The molecule has 0 saturated carbocycles. The number of ketones is 1. The molecule has 2 aromatic rings. The molecule has 0 aliphatic rings. The first-order valence-electron chi connectivity index (χ1n) is 6.60. The number of hydrogen-bond donors (Lipinski definition) is 0. The van der Waals surface area contributed by atoms with Crippen molar-refractivity contribution in [3.05, 3.63) is 75.3 Å². The SMILES string of the molecule is COc1ccc(C=C(C#N)C(=O)c2cccc([N+](=O)[O-])c2)cc1. The molecule has 0 spiro atoms. The Bertz CT molecular complexity index is 817. The Labute approximate surface area is 132 Å². The van der Waals surface area contributed by atoms with Crippen LogP contribution in [0.25, 0.3) is 6.08 Å². The first kappa shape index (κ1) is 15.9. The summed E-state index contributed by atoms with van der Waals surface area (Å²) < 4.78 is 5.04. The van der Waals surface area contributed by atoms with Crippen molar-refractivity contribution >= 4 is 17.5 Å². The molecule has 2 aromatic carbocycles. The molecule has 6 nitrogen and oxygen atoms in total. The van der Waals surface area contributed by atoms with Crippen molar-refractivity contribution in [1.82, 2.24) is 0 Å². The molecule has 0 heterocycles. The standard InChI is InChI=1S/C17H12N2O4/c1-23-16-7-5-12(6-8-16)9-14(11-18)17(20)13-3-2-4-15(10-13)19(21)22/h2-10H,1H3. The smallest absolute Gasteiger partial charge is 0.270 e. The van der Waals surface area contributed by atoms with E-state index in [1.54, 1.807) is 24.3 Å². The number of carbonyl (C=O) groups is 1. The molecule has 23 heavy (non-hydrogen) atoms. The van der Waals surface area contributed by atoms with Gasteiger partial charge in [-0.3, -0.25) is 14.9 Å². The minimum absolute atomic E-state index is 0.0977. The summed E-state index contributed by atoms with van der Waals surface area (Å²) in [4.78, 5) is 22.5. The van der Waals surface area contributed by atoms with Gasteiger partial charge < -0.3 is 4.74 Å². The van der Waals surface area contributed by atoms with Crippen molar-refractivity contribution in [2.45, 2.75) is 0 Å². The third kappa shape index (κ3) is 3.80. The van der Waals surface area contributed by atoms with Gasteiger partial charge in [0.15, 0.2) is 0 Å². The van der Waals surface area contributed by atoms with Crippen molar-refractivity contribution in [2.24, 2.45) is 0 Å². The Hall–Kier alpha value is -3.46. The number of methoxy groups -OCH3 is 1. The van der Waals surface area contributed by atoms with Gasteiger partial charge in [0.2, 0.25) is 5.78 Å². The van der Waals surface area contributed by atoms with Crippen LogP contribution >= 0.6 is 0 Å². The number of nitro benzene ring substituents is 1. The van der Waals surface area contributed by atoms with Crippen molar-refractivity contribution in [1.29, 1.82) is 5.26 Å². The van der Waals surface area contributed by atoms with Gasteiger partial charge in [-0.15, -0.1) is 0 Å². The van der Waals surface area contributed by atoms with Crippen molar-refractivity contribution in [3.8, 4) is 11.8 Å². The van der Waals surface area contributed by atoms with Crippen LogP contribution in [-0.2, 0) is 0 Å². The zero-order chi connectivity index (χ0) is 16.8. The second kappa shape index (κ2) is 7.00. The number of nitriles is 1. The lowest BCUT2D eigenvalue weighted by Gasteiger charge is -2.02. The highest BCUT2D eigenvalue weighted by Crippen LogP contribution is 2.19. The molecule has 0 aliphatic heterocycles. The summed E-state index contributed by atoms with van der Waals surface area (Å²) >= 11 is 0. The monoisotopic (exact) mass is 308 g/mol. The molecule has 0 aromatic heterocycles. The predicted octanol–water partition coefficient (Wildman–Crippen LogP) is 3.39. The van der Waals surface area contributed by atoms with Gasteiger partial charge in [-0.2, -0.15) is 5.26 Å². The molecule has 0 radical (unpaired) electrons. The summed E-state index contributed by atoms with van der Waals surface area (Å²) in [5.74, 6) is 0.0951. The second-order valence-corrected chi connectivity index (χ2v) is 4.58. The molecule has 0 bridgehead atoms. The largest absolute Gasteiger partial charge is 0.497 e. The van der Waals surface area contributed by atoms with E-state index in [4.69, 9.17) is 4.74 Å². The minimum Gasteiger partial charge on any atom is -0.497 e. The van der Waals surface area contributed by atoms with E-state index in [1.165, 1.54) is 31.4 Å². The van der Waals surface area contributed by atoms with E-state index >= 15 is 0 Å². The van der Waals surface area contributed by atoms with Crippen molar-refractivity contribution in [2.75, 3.05) is 7.11 Å². The number of Topliss-reactive ketones (excluding diaryl/α,β-unsaturated/α-hetero) is 1. The Balaban J connectivity index is 2.34. The number of allylic oxidation sites excluding steroid dienone is 1. The van der Waals surface area contributed by atoms with Crippen LogP contribution in [0.3, 0.4) is 0 Å². The van der Waals surface area contributed by atoms with Crippen LogP contribution < -0.4 is 4.74 Å². The summed E-state index contributed by atoms with van der Waals surface area (Å²) in [6, 6.07) is 14.0. The Morgan fingerprint density at radius 3 is 2.52 bits per heavy atom. The van der Waals surface area contributed by atoms with Crippen LogP contribution in [0.2, 0.25) is 0 Å². The summed E-state index contributed by atoms with van der Waals surface area (Å²) in [7, 11) is 1.54. The molecule has 0 saturated heterocycles. The van der Waals surface area contributed by atoms with Crippen LogP contribution in [0.15, 0.2) is 54.1 Å².